The van der Waals surface area contributed by atoms with E-state index in [0.717, 1.165) is 6.42 Å². The fourth-order valence-corrected chi connectivity index (χ4v) is 3.82. The molecule has 5 N–H and O–H groups in total. The molecule has 0 aliphatic rings. The highest BCUT2D eigenvalue weighted by molar-refractivity contribution is 5.75. The van der Waals surface area contributed by atoms with E-state index < -0.39 is 91.7 Å². The van der Waals surface area contributed by atoms with Gasteiger partial charge in [0.1, 0.15) is 18.8 Å². The predicted molar refractivity (Wildman–Crippen MR) is 145 cm³/mol. The van der Waals surface area contributed by atoms with Crippen LogP contribution in [0.3, 0.4) is 0 Å². The van der Waals surface area contributed by atoms with Crippen molar-refractivity contribution >= 4 is 11.9 Å². The molecule has 1 aromatic rings. The van der Waals surface area contributed by atoms with Gasteiger partial charge < -0.3 is 35.0 Å². The zero-order valence-electron chi connectivity index (χ0n) is 24.1. The first kappa shape index (κ1) is 35.9. The lowest BCUT2D eigenvalue weighted by molar-refractivity contribution is -0.170. The molecule has 5 unspecified atom stereocenters. The van der Waals surface area contributed by atoms with E-state index in [1.54, 1.807) is 13.8 Å². The molecular weight excluding hydrogens is 546 g/mol. The Kier molecular flexibility index (Phi) is 13.8. The number of aromatic nitrogens is 3. The number of nitrogens with zero attached hydrogens (tertiary/aromatic N) is 3. The molecule has 15 nitrogen and oxygen atoms in total. The van der Waals surface area contributed by atoms with Crippen LogP contribution >= 0.6 is 0 Å². The number of carbonyl (C=O) groups is 2. The molecule has 1 heterocycles. The van der Waals surface area contributed by atoms with Gasteiger partial charge in [0.15, 0.2) is 6.10 Å². The van der Waals surface area contributed by atoms with E-state index in [2.05, 4.69) is 6.58 Å². The third-order valence-electron chi connectivity index (χ3n) is 6.35. The number of rotatable bonds is 17. The summed E-state index contributed by atoms with van der Waals surface area (Å²) in [5.74, 6) is -2.34. The minimum Gasteiger partial charge on any atom is -0.463 e. The van der Waals surface area contributed by atoms with Crippen LogP contribution in [0, 0.1) is 5.41 Å². The fraction of sp³-hybridized carbons (Fsp3) is 0.731. The average molecular weight is 590 g/mol. The summed E-state index contributed by atoms with van der Waals surface area (Å²) in [6, 6.07) is 0. The Hall–Kier alpha value is -3.11. The van der Waals surface area contributed by atoms with E-state index in [1.165, 1.54) is 6.08 Å². The summed E-state index contributed by atoms with van der Waals surface area (Å²) >= 11 is 0. The number of carbonyl (C=O) groups excluding carboxylic acids is 2. The van der Waals surface area contributed by atoms with Crippen LogP contribution in [-0.4, -0.2) is 94.4 Å². The van der Waals surface area contributed by atoms with Crippen molar-refractivity contribution in [3.63, 3.8) is 0 Å². The summed E-state index contributed by atoms with van der Waals surface area (Å²) in [6.07, 6.45) is -8.05. The van der Waals surface area contributed by atoms with Gasteiger partial charge in [0.05, 0.1) is 44.4 Å². The van der Waals surface area contributed by atoms with Crippen molar-refractivity contribution < 1.29 is 44.6 Å². The van der Waals surface area contributed by atoms with Crippen molar-refractivity contribution in [2.24, 2.45) is 5.41 Å². The molecule has 0 saturated carbocycles. The van der Waals surface area contributed by atoms with Crippen LogP contribution in [0.2, 0.25) is 0 Å². The lowest BCUT2D eigenvalue weighted by atomic mass is 9.84. The first-order chi connectivity index (χ1) is 18.9. The quantitative estimate of drug-likeness (QED) is 0.0972. The summed E-state index contributed by atoms with van der Waals surface area (Å²) in [7, 11) is 0. The molecule has 0 saturated heterocycles. The maximum atomic E-state index is 13.1. The highest BCUT2D eigenvalue weighted by Gasteiger charge is 2.33. The number of ether oxygens (including phenoxy) is 2. The van der Waals surface area contributed by atoms with Gasteiger partial charge >= 0.3 is 29.0 Å². The van der Waals surface area contributed by atoms with E-state index in [-0.39, 0.29) is 18.4 Å². The van der Waals surface area contributed by atoms with Gasteiger partial charge in [-0.3, -0.25) is 4.79 Å². The molecule has 0 fully saturated rings. The molecule has 0 bridgehead atoms. The Bertz CT molecular complexity index is 1220. The second-order valence-corrected chi connectivity index (χ2v) is 10.9. The summed E-state index contributed by atoms with van der Waals surface area (Å²) < 4.78 is 11.5. The molecule has 5 atom stereocenters. The first-order valence-electron chi connectivity index (χ1n) is 13.3. The monoisotopic (exact) mass is 589 g/mol. The maximum Gasteiger partial charge on any atom is 0.337 e. The fourth-order valence-electron chi connectivity index (χ4n) is 3.82. The molecule has 41 heavy (non-hydrogen) atoms. The van der Waals surface area contributed by atoms with Crippen LogP contribution in [0.4, 0.5) is 0 Å². The number of hydrogen-bond donors (Lipinski definition) is 5. The molecule has 234 valence electrons. The summed E-state index contributed by atoms with van der Waals surface area (Å²) in [5, 5.41) is 50.8. The minimum atomic E-state index is -2.30. The lowest BCUT2D eigenvalue weighted by Crippen LogP contribution is -2.56. The molecular formula is C26H43N3O12. The third kappa shape index (κ3) is 10.7. The molecule has 0 aromatic carbocycles. The third-order valence-corrected chi connectivity index (χ3v) is 6.35. The van der Waals surface area contributed by atoms with E-state index in [9.17, 15) is 49.5 Å². The number of aliphatic hydroxyl groups excluding tert-OH is 5. The van der Waals surface area contributed by atoms with Gasteiger partial charge in [-0.15, -0.1) is 6.58 Å². The van der Waals surface area contributed by atoms with Crippen molar-refractivity contribution in [3.05, 3.63) is 44.1 Å². The zero-order chi connectivity index (χ0) is 31.7. The van der Waals surface area contributed by atoms with Crippen LogP contribution in [-0.2, 0) is 38.7 Å². The van der Waals surface area contributed by atoms with Gasteiger partial charge in [-0.25, -0.2) is 32.9 Å². The largest absolute Gasteiger partial charge is 0.463 e. The van der Waals surface area contributed by atoms with E-state index in [1.807, 2.05) is 20.8 Å². The molecule has 0 amide bonds. The normalized spacial score (nSPS) is 15.6. The Morgan fingerprint density at radius 1 is 0.927 bits per heavy atom. The average Bonchev–Trinajstić information content (AvgIpc) is 2.88. The highest BCUT2D eigenvalue weighted by atomic mass is 16.6. The van der Waals surface area contributed by atoms with E-state index in [4.69, 9.17) is 9.47 Å². The molecule has 0 spiro atoms. The van der Waals surface area contributed by atoms with E-state index in [0.29, 0.717) is 13.7 Å². The van der Waals surface area contributed by atoms with Gasteiger partial charge in [-0.1, -0.05) is 33.3 Å². The van der Waals surface area contributed by atoms with Crippen LogP contribution in [0.15, 0.2) is 27.0 Å². The molecule has 15 heteroatoms. The minimum absolute atomic E-state index is 0.260. The van der Waals surface area contributed by atoms with Gasteiger partial charge in [0.2, 0.25) is 0 Å². The smallest absolute Gasteiger partial charge is 0.337 e. The van der Waals surface area contributed by atoms with Crippen LogP contribution in [0.25, 0.3) is 0 Å². The second-order valence-electron chi connectivity index (χ2n) is 10.9. The highest BCUT2D eigenvalue weighted by Crippen LogP contribution is 2.26. The van der Waals surface area contributed by atoms with Crippen molar-refractivity contribution in [2.75, 3.05) is 6.61 Å². The van der Waals surface area contributed by atoms with Crippen molar-refractivity contribution in [3.8, 4) is 0 Å². The maximum absolute atomic E-state index is 13.1. The Morgan fingerprint density at radius 2 is 1.44 bits per heavy atom. The number of esters is 2. The molecule has 1 rings (SSSR count). The zero-order valence-corrected chi connectivity index (χ0v) is 24.1. The molecule has 0 aliphatic carbocycles. The van der Waals surface area contributed by atoms with Crippen molar-refractivity contribution in [1.82, 2.24) is 13.7 Å². The Labute approximate surface area is 236 Å². The molecule has 1 aromatic heterocycles. The SMILES string of the molecule is C=CCn1c(=O)n(CC(O)COC(=O)C(O)C(O)C(O)CC(=O)OC(C)C)c(=O)n(CC(O)CC(C)(C)CC)c1=O. The summed E-state index contributed by atoms with van der Waals surface area (Å²) in [4.78, 5) is 62.6. The van der Waals surface area contributed by atoms with Crippen molar-refractivity contribution in [2.45, 2.75) is 110 Å². The molecule has 0 aliphatic heterocycles. The molecule has 0 radical (unpaired) electrons. The lowest BCUT2D eigenvalue weighted by Gasteiger charge is -2.26. The van der Waals surface area contributed by atoms with Crippen molar-refractivity contribution in [1.29, 1.82) is 0 Å². The number of hydrogen-bond acceptors (Lipinski definition) is 12. The topological polar surface area (TPSA) is 220 Å². The summed E-state index contributed by atoms with van der Waals surface area (Å²) in [5.41, 5.74) is -3.44. The Morgan fingerprint density at radius 3 is 1.93 bits per heavy atom. The van der Waals surface area contributed by atoms with Gasteiger partial charge in [-0.05, 0) is 25.7 Å². The second kappa shape index (κ2) is 15.8. The number of allylic oxidation sites excluding steroid dienone is 1. The van der Waals surface area contributed by atoms with E-state index >= 15 is 0 Å². The van der Waals surface area contributed by atoms with Crippen LogP contribution in [0.5, 0.6) is 0 Å². The first-order valence-corrected chi connectivity index (χ1v) is 13.3. The van der Waals surface area contributed by atoms with Gasteiger partial charge in [0, 0.05) is 0 Å². The van der Waals surface area contributed by atoms with Gasteiger partial charge in [0.25, 0.3) is 0 Å². The Balaban J connectivity index is 3.04. The van der Waals surface area contributed by atoms with Crippen LogP contribution in [0.1, 0.15) is 53.9 Å². The van der Waals surface area contributed by atoms with Gasteiger partial charge in [-0.2, -0.15) is 0 Å². The van der Waals surface area contributed by atoms with Crippen LogP contribution < -0.4 is 17.1 Å². The predicted octanol–water partition coefficient (Wildman–Crippen LogP) is -2.13. The number of aliphatic hydroxyl groups is 5. The summed E-state index contributed by atoms with van der Waals surface area (Å²) in [6.45, 7) is 10.1. The standard InChI is InChI=1S/C26H43N3O12/c1-7-9-27-23(37)28(12-16(30)11-26(5,6)8-2)25(39)29(24(27)38)13-17(31)14-40-22(36)21(35)20(34)18(32)10-19(33)41-15(3)4/h7,15-18,20-21,30-32,34-35H,1,8-14H2,2-6H3.